The minimum atomic E-state index is -0.815. The van der Waals surface area contributed by atoms with Crippen LogP contribution in [0.4, 0.5) is 10.1 Å². The topological polar surface area (TPSA) is 128 Å². The zero-order chi connectivity index (χ0) is 19.8. The SMILES string of the molecule is NC(=O)c1ccc(NC(=O)COC(=O)CNC(=O)c2ccc(F)cc2)cc1. The number of carbonyl (C=O) groups excluding carboxylic acids is 4. The Bertz CT molecular complexity index is 850. The van der Waals surface area contributed by atoms with E-state index in [1.54, 1.807) is 0 Å². The van der Waals surface area contributed by atoms with Crippen LogP contribution in [0.1, 0.15) is 20.7 Å². The summed E-state index contributed by atoms with van der Waals surface area (Å²) in [6.45, 7) is -1.00. The molecule has 0 atom stereocenters. The molecule has 0 fully saturated rings. The lowest BCUT2D eigenvalue weighted by atomic mass is 10.2. The summed E-state index contributed by atoms with van der Waals surface area (Å²) in [5.74, 6) is -3.07. The normalized spacial score (nSPS) is 9.96. The van der Waals surface area contributed by atoms with E-state index in [0.29, 0.717) is 5.69 Å². The average Bonchev–Trinajstić information content (AvgIpc) is 2.65. The third-order valence-electron chi connectivity index (χ3n) is 3.32. The van der Waals surface area contributed by atoms with Crippen molar-refractivity contribution in [3.8, 4) is 0 Å². The largest absolute Gasteiger partial charge is 0.454 e. The van der Waals surface area contributed by atoms with Gasteiger partial charge in [0.25, 0.3) is 11.8 Å². The van der Waals surface area contributed by atoms with Crippen LogP contribution < -0.4 is 16.4 Å². The monoisotopic (exact) mass is 373 g/mol. The molecule has 2 aromatic rings. The number of ether oxygens (including phenoxy) is 1. The second-order valence-corrected chi connectivity index (χ2v) is 5.34. The smallest absolute Gasteiger partial charge is 0.325 e. The van der Waals surface area contributed by atoms with E-state index in [2.05, 4.69) is 10.6 Å². The molecule has 0 heterocycles. The lowest BCUT2D eigenvalue weighted by molar-refractivity contribution is -0.146. The van der Waals surface area contributed by atoms with Gasteiger partial charge in [-0.25, -0.2) is 4.39 Å². The van der Waals surface area contributed by atoms with Crippen molar-refractivity contribution in [3.05, 3.63) is 65.5 Å². The van der Waals surface area contributed by atoms with Crippen LogP contribution in [-0.4, -0.2) is 36.8 Å². The molecule has 140 valence electrons. The number of hydrogen-bond donors (Lipinski definition) is 3. The molecule has 4 N–H and O–H groups in total. The fourth-order valence-corrected chi connectivity index (χ4v) is 1.97. The molecule has 0 unspecified atom stereocenters. The molecular weight excluding hydrogens is 357 g/mol. The summed E-state index contributed by atoms with van der Waals surface area (Å²) in [7, 11) is 0. The van der Waals surface area contributed by atoms with Crippen LogP contribution in [0.2, 0.25) is 0 Å². The maximum absolute atomic E-state index is 12.8. The number of hydrogen-bond acceptors (Lipinski definition) is 5. The van der Waals surface area contributed by atoms with Gasteiger partial charge < -0.3 is 21.1 Å². The highest BCUT2D eigenvalue weighted by atomic mass is 19.1. The summed E-state index contributed by atoms with van der Waals surface area (Å²) in [4.78, 5) is 46.0. The zero-order valence-electron chi connectivity index (χ0n) is 14.0. The summed E-state index contributed by atoms with van der Waals surface area (Å²) in [5.41, 5.74) is 5.97. The van der Waals surface area contributed by atoms with E-state index in [0.717, 1.165) is 12.1 Å². The van der Waals surface area contributed by atoms with Crippen LogP contribution in [-0.2, 0) is 14.3 Å². The Morgan fingerprint density at radius 1 is 0.926 bits per heavy atom. The van der Waals surface area contributed by atoms with Gasteiger partial charge in [-0.05, 0) is 48.5 Å². The summed E-state index contributed by atoms with van der Waals surface area (Å²) in [5, 5.41) is 4.77. The van der Waals surface area contributed by atoms with Gasteiger partial charge in [0.2, 0.25) is 5.91 Å². The molecule has 0 spiro atoms. The van der Waals surface area contributed by atoms with E-state index < -0.39 is 42.7 Å². The maximum atomic E-state index is 12.8. The summed E-state index contributed by atoms with van der Waals surface area (Å²) < 4.78 is 17.5. The van der Waals surface area contributed by atoms with Gasteiger partial charge in [0.1, 0.15) is 12.4 Å². The van der Waals surface area contributed by atoms with Crippen LogP contribution >= 0.6 is 0 Å². The van der Waals surface area contributed by atoms with Crippen LogP contribution in [0.25, 0.3) is 0 Å². The molecule has 2 aromatic carbocycles. The van der Waals surface area contributed by atoms with Crippen LogP contribution in [0, 0.1) is 5.82 Å². The number of benzene rings is 2. The Hall–Kier alpha value is -3.75. The van der Waals surface area contributed by atoms with Gasteiger partial charge in [-0.3, -0.25) is 19.2 Å². The minimum Gasteiger partial charge on any atom is -0.454 e. The predicted molar refractivity (Wildman–Crippen MR) is 93.3 cm³/mol. The first-order valence-electron chi connectivity index (χ1n) is 7.74. The molecule has 9 heteroatoms. The highest BCUT2D eigenvalue weighted by Crippen LogP contribution is 2.09. The number of rotatable bonds is 7. The third kappa shape index (κ3) is 6.24. The Morgan fingerprint density at radius 2 is 1.52 bits per heavy atom. The standard InChI is InChI=1S/C18H16FN3O5/c19-13-5-1-12(2-6-13)18(26)21-9-16(24)27-10-15(23)22-14-7-3-11(4-8-14)17(20)25/h1-8H,9-10H2,(H2,20,25)(H,21,26)(H,22,23). The summed E-state index contributed by atoms with van der Waals surface area (Å²) in [6, 6.07) is 10.6. The average molecular weight is 373 g/mol. The molecule has 8 nitrogen and oxygen atoms in total. The van der Waals surface area contributed by atoms with Crippen molar-refractivity contribution in [2.24, 2.45) is 5.73 Å². The van der Waals surface area contributed by atoms with Gasteiger partial charge in [-0.15, -0.1) is 0 Å². The Balaban J connectivity index is 1.72. The minimum absolute atomic E-state index is 0.182. The van der Waals surface area contributed by atoms with Crippen LogP contribution in [0.15, 0.2) is 48.5 Å². The van der Waals surface area contributed by atoms with Crippen LogP contribution in [0.5, 0.6) is 0 Å². The molecule has 0 saturated carbocycles. The Kier molecular flexibility index (Phi) is 6.59. The van der Waals surface area contributed by atoms with Gasteiger partial charge >= 0.3 is 5.97 Å². The molecular formula is C18H16FN3O5. The molecule has 0 radical (unpaired) electrons. The maximum Gasteiger partial charge on any atom is 0.325 e. The third-order valence-corrected chi connectivity index (χ3v) is 3.32. The molecule has 0 aliphatic rings. The van der Waals surface area contributed by atoms with E-state index in [9.17, 15) is 23.6 Å². The first-order chi connectivity index (χ1) is 12.8. The van der Waals surface area contributed by atoms with E-state index in [-0.39, 0.29) is 11.1 Å². The fourth-order valence-electron chi connectivity index (χ4n) is 1.97. The van der Waals surface area contributed by atoms with E-state index >= 15 is 0 Å². The molecule has 0 aromatic heterocycles. The van der Waals surface area contributed by atoms with E-state index in [1.165, 1.54) is 36.4 Å². The highest BCUT2D eigenvalue weighted by molar-refractivity contribution is 5.97. The number of amides is 3. The number of nitrogens with two attached hydrogens (primary N) is 1. The molecule has 0 aliphatic heterocycles. The fraction of sp³-hybridized carbons (Fsp3) is 0.111. The number of carbonyl (C=O) groups is 4. The quantitative estimate of drug-likeness (QED) is 0.620. The second-order valence-electron chi connectivity index (χ2n) is 5.34. The lowest BCUT2D eigenvalue weighted by Crippen LogP contribution is -2.32. The number of nitrogens with one attached hydrogen (secondary N) is 2. The van der Waals surface area contributed by atoms with Crippen molar-refractivity contribution < 1.29 is 28.3 Å². The first-order valence-corrected chi connectivity index (χ1v) is 7.74. The van der Waals surface area contributed by atoms with Gasteiger partial charge in [-0.1, -0.05) is 0 Å². The van der Waals surface area contributed by atoms with Gasteiger partial charge in [0.05, 0.1) is 0 Å². The molecule has 0 bridgehead atoms. The van der Waals surface area contributed by atoms with Crippen LogP contribution in [0.3, 0.4) is 0 Å². The first kappa shape index (κ1) is 19.6. The van der Waals surface area contributed by atoms with Crippen molar-refractivity contribution in [3.63, 3.8) is 0 Å². The van der Waals surface area contributed by atoms with Crippen molar-refractivity contribution >= 4 is 29.4 Å². The number of esters is 1. The van der Waals surface area contributed by atoms with Crippen molar-refractivity contribution in [2.75, 3.05) is 18.5 Å². The van der Waals surface area contributed by atoms with E-state index in [4.69, 9.17) is 10.5 Å². The van der Waals surface area contributed by atoms with E-state index in [1.807, 2.05) is 0 Å². The lowest BCUT2D eigenvalue weighted by Gasteiger charge is -2.08. The summed E-state index contributed by atoms with van der Waals surface area (Å²) in [6.07, 6.45) is 0. The highest BCUT2D eigenvalue weighted by Gasteiger charge is 2.11. The molecule has 0 aliphatic carbocycles. The number of halogens is 1. The Labute approximate surface area is 153 Å². The molecule has 27 heavy (non-hydrogen) atoms. The van der Waals surface area contributed by atoms with Crippen molar-refractivity contribution in [2.45, 2.75) is 0 Å². The number of anilines is 1. The molecule has 3 amide bonds. The van der Waals surface area contributed by atoms with Gasteiger partial charge in [0.15, 0.2) is 6.61 Å². The predicted octanol–water partition coefficient (Wildman–Crippen LogP) is 0.836. The van der Waals surface area contributed by atoms with Gasteiger partial charge in [0, 0.05) is 16.8 Å². The van der Waals surface area contributed by atoms with Crippen molar-refractivity contribution in [1.29, 1.82) is 0 Å². The van der Waals surface area contributed by atoms with Gasteiger partial charge in [-0.2, -0.15) is 0 Å². The molecule has 2 rings (SSSR count). The van der Waals surface area contributed by atoms with Crippen molar-refractivity contribution in [1.82, 2.24) is 5.32 Å². The molecule has 0 saturated heterocycles. The number of primary amides is 1. The summed E-state index contributed by atoms with van der Waals surface area (Å²) >= 11 is 0. The Morgan fingerprint density at radius 3 is 2.11 bits per heavy atom. The second kappa shape index (κ2) is 9.09. The zero-order valence-corrected chi connectivity index (χ0v) is 14.0.